The Labute approximate surface area is 160 Å². The molecule has 3 N–H and O–H groups in total. The van der Waals surface area contributed by atoms with Crippen LogP contribution >= 0.6 is 11.6 Å². The van der Waals surface area contributed by atoms with Gasteiger partial charge in [-0.15, -0.1) is 0 Å². The second-order valence-corrected chi connectivity index (χ2v) is 6.50. The Morgan fingerprint density at radius 2 is 2.11 bits per heavy atom. The van der Waals surface area contributed by atoms with E-state index in [-0.39, 0.29) is 28.9 Å². The van der Waals surface area contributed by atoms with Crippen molar-refractivity contribution in [2.75, 3.05) is 17.2 Å². The summed E-state index contributed by atoms with van der Waals surface area (Å²) in [4.78, 5) is 16.4. The van der Waals surface area contributed by atoms with Crippen LogP contribution in [-0.2, 0) is 7.05 Å². The monoisotopic (exact) mass is 383 g/mol. The molecule has 27 heavy (non-hydrogen) atoms. The van der Waals surface area contributed by atoms with Crippen LogP contribution in [0.5, 0.6) is 0 Å². The van der Waals surface area contributed by atoms with E-state index in [0.717, 1.165) is 5.39 Å². The summed E-state index contributed by atoms with van der Waals surface area (Å²) in [6.07, 6.45) is 1.51. The van der Waals surface area contributed by atoms with E-state index in [2.05, 4.69) is 15.6 Å². The van der Waals surface area contributed by atoms with Gasteiger partial charge in [0, 0.05) is 36.4 Å². The van der Waals surface area contributed by atoms with Gasteiger partial charge in [0.1, 0.15) is 16.8 Å². The van der Waals surface area contributed by atoms with Gasteiger partial charge >= 0.3 is 0 Å². The zero-order chi connectivity index (χ0) is 19.6. The Morgan fingerprint density at radius 1 is 1.33 bits per heavy atom. The third-order valence-electron chi connectivity index (χ3n) is 4.22. The lowest BCUT2D eigenvalue weighted by Gasteiger charge is -2.18. The number of fused-ring (bicyclic) bond motifs is 1. The third kappa shape index (κ3) is 3.58. The molecule has 0 saturated carbocycles. The molecular weight excluding hydrogens is 366 g/mol. The summed E-state index contributed by atoms with van der Waals surface area (Å²) in [6.45, 7) is 1.76. The van der Waals surface area contributed by atoms with Gasteiger partial charge in [-0.05, 0) is 19.1 Å². The van der Waals surface area contributed by atoms with Gasteiger partial charge in [0.25, 0.3) is 5.56 Å². The molecule has 0 saturated heterocycles. The number of hydrogen-bond donors (Lipinski definition) is 3. The molecule has 0 radical (unpaired) electrons. The normalized spacial score (nSPS) is 11.8. The fourth-order valence-electron chi connectivity index (χ4n) is 2.85. The van der Waals surface area contributed by atoms with Crippen molar-refractivity contribution in [3.8, 4) is 6.07 Å². The molecule has 0 fully saturated rings. The maximum atomic E-state index is 12.5. The maximum absolute atomic E-state index is 12.5. The van der Waals surface area contributed by atoms with Crippen LogP contribution in [0.1, 0.15) is 12.5 Å². The Bertz CT molecular complexity index is 1100. The second kappa shape index (κ2) is 7.66. The van der Waals surface area contributed by atoms with E-state index in [1.165, 1.54) is 16.8 Å². The number of nitrogens with one attached hydrogen (secondary N) is 2. The number of aromatic nitrogens is 2. The highest BCUT2D eigenvalue weighted by Gasteiger charge is 2.14. The Balaban J connectivity index is 2.20. The van der Waals surface area contributed by atoms with E-state index in [0.29, 0.717) is 22.6 Å². The Kier molecular flexibility index (Phi) is 5.31. The molecule has 1 aromatic carbocycles. The molecule has 7 nitrogen and oxygen atoms in total. The molecule has 2 heterocycles. The average Bonchev–Trinajstić information content (AvgIpc) is 2.66. The molecule has 0 aliphatic heterocycles. The number of halogens is 1. The molecule has 0 bridgehead atoms. The van der Waals surface area contributed by atoms with Gasteiger partial charge in [-0.2, -0.15) is 5.26 Å². The summed E-state index contributed by atoms with van der Waals surface area (Å²) in [5.41, 5.74) is 2.47. The number of hydrogen-bond acceptors (Lipinski definition) is 6. The number of nitrogens with zero attached hydrogens (tertiary/aromatic N) is 3. The van der Waals surface area contributed by atoms with Gasteiger partial charge < -0.3 is 20.3 Å². The lowest BCUT2D eigenvalue weighted by Crippen LogP contribution is -2.23. The van der Waals surface area contributed by atoms with E-state index in [9.17, 15) is 15.2 Å². The van der Waals surface area contributed by atoms with Crippen LogP contribution in [0.15, 0.2) is 41.3 Å². The zero-order valence-electron chi connectivity index (χ0n) is 14.8. The molecule has 8 heteroatoms. The largest absolute Gasteiger partial charge is 0.394 e. The minimum Gasteiger partial charge on any atom is -0.394 e. The van der Waals surface area contributed by atoms with Gasteiger partial charge in [-0.3, -0.25) is 4.79 Å². The van der Waals surface area contributed by atoms with Crippen molar-refractivity contribution in [2.45, 2.75) is 13.0 Å². The number of nitriles is 1. The van der Waals surface area contributed by atoms with Crippen molar-refractivity contribution in [2.24, 2.45) is 7.05 Å². The van der Waals surface area contributed by atoms with Crippen LogP contribution in [0.3, 0.4) is 0 Å². The number of pyridine rings is 2. The predicted octanol–water partition coefficient (Wildman–Crippen LogP) is 2.99. The fraction of sp³-hybridized carbons (Fsp3) is 0.211. The minimum atomic E-state index is -0.207. The highest BCUT2D eigenvalue weighted by molar-refractivity contribution is 6.31. The van der Waals surface area contributed by atoms with Crippen LogP contribution in [0.2, 0.25) is 5.15 Å². The molecule has 0 amide bonds. The maximum Gasteiger partial charge on any atom is 0.252 e. The lowest BCUT2D eigenvalue weighted by atomic mass is 10.1. The number of aryl methyl sites for hydroxylation is 1. The molecule has 1 atom stereocenters. The number of benzene rings is 1. The summed E-state index contributed by atoms with van der Waals surface area (Å²) in [7, 11) is 1.68. The summed E-state index contributed by atoms with van der Waals surface area (Å²) < 4.78 is 1.53. The number of para-hydroxylation sites is 1. The summed E-state index contributed by atoms with van der Waals surface area (Å²) in [5.74, 6) is 0. The van der Waals surface area contributed by atoms with E-state index in [1.54, 1.807) is 13.1 Å². The molecule has 138 valence electrons. The van der Waals surface area contributed by atoms with Crippen LogP contribution in [0, 0.1) is 11.3 Å². The first-order valence-electron chi connectivity index (χ1n) is 8.28. The molecule has 0 aliphatic rings. The first-order chi connectivity index (χ1) is 13.0. The van der Waals surface area contributed by atoms with E-state index in [1.807, 2.05) is 31.2 Å². The topological polar surface area (TPSA) is 103 Å². The molecule has 3 aromatic rings. The van der Waals surface area contributed by atoms with E-state index in [4.69, 9.17) is 11.6 Å². The molecule has 0 unspecified atom stereocenters. The molecule has 2 aromatic heterocycles. The quantitative estimate of drug-likeness (QED) is 0.585. The van der Waals surface area contributed by atoms with Gasteiger partial charge in [0.15, 0.2) is 0 Å². The van der Waals surface area contributed by atoms with Gasteiger partial charge in [0.2, 0.25) is 0 Å². The first-order valence-corrected chi connectivity index (χ1v) is 8.65. The molecule has 3 rings (SSSR count). The molecule has 0 aliphatic carbocycles. The van der Waals surface area contributed by atoms with Crippen LogP contribution in [0.4, 0.5) is 17.1 Å². The standard InChI is InChI=1S/C19H18ClN5O2/c1-11(10-26)23-16-8-17(27)25(2)18-12(16)4-3-5-15(18)24-14-6-7-22-19(20)13(14)9-21/h3-8,11,23,26H,10H2,1-2H3,(H,22,24)/t11-/m1/s1. The first kappa shape index (κ1) is 18.7. The van der Waals surface area contributed by atoms with Crippen molar-refractivity contribution in [1.82, 2.24) is 9.55 Å². The summed E-state index contributed by atoms with van der Waals surface area (Å²) >= 11 is 6.01. The van der Waals surface area contributed by atoms with Crippen molar-refractivity contribution < 1.29 is 5.11 Å². The predicted molar refractivity (Wildman–Crippen MR) is 107 cm³/mol. The minimum absolute atomic E-state index is 0.0598. The lowest BCUT2D eigenvalue weighted by molar-refractivity contribution is 0.281. The van der Waals surface area contributed by atoms with Crippen LogP contribution in [0.25, 0.3) is 10.9 Å². The van der Waals surface area contributed by atoms with Crippen molar-refractivity contribution >= 4 is 39.6 Å². The highest BCUT2D eigenvalue weighted by Crippen LogP contribution is 2.31. The van der Waals surface area contributed by atoms with Crippen molar-refractivity contribution in [3.63, 3.8) is 0 Å². The molecular formula is C19H18ClN5O2. The SMILES string of the molecule is C[C@H](CO)Nc1cc(=O)n(C)c2c(Nc3ccnc(Cl)c3C#N)cccc12. The summed E-state index contributed by atoms with van der Waals surface area (Å²) in [6, 6.07) is 10.5. The number of anilines is 3. The highest BCUT2D eigenvalue weighted by atomic mass is 35.5. The van der Waals surface area contributed by atoms with Crippen molar-refractivity contribution in [1.29, 1.82) is 5.26 Å². The van der Waals surface area contributed by atoms with Gasteiger partial charge in [-0.1, -0.05) is 23.7 Å². The van der Waals surface area contributed by atoms with Crippen molar-refractivity contribution in [3.05, 3.63) is 57.6 Å². The summed E-state index contributed by atoms with van der Waals surface area (Å²) in [5, 5.41) is 25.9. The second-order valence-electron chi connectivity index (χ2n) is 6.15. The third-order valence-corrected chi connectivity index (χ3v) is 4.51. The number of aliphatic hydroxyl groups excluding tert-OH is 1. The number of rotatable bonds is 5. The smallest absolute Gasteiger partial charge is 0.252 e. The Hall–Kier alpha value is -3.08. The van der Waals surface area contributed by atoms with Crippen LogP contribution in [-0.4, -0.2) is 27.3 Å². The van der Waals surface area contributed by atoms with Gasteiger partial charge in [0.05, 0.1) is 23.5 Å². The zero-order valence-corrected chi connectivity index (χ0v) is 15.6. The number of aliphatic hydroxyl groups is 1. The van der Waals surface area contributed by atoms with E-state index >= 15 is 0 Å². The van der Waals surface area contributed by atoms with Crippen LogP contribution < -0.4 is 16.2 Å². The molecule has 0 spiro atoms. The Morgan fingerprint density at radius 3 is 2.81 bits per heavy atom. The average molecular weight is 384 g/mol. The fourth-order valence-corrected chi connectivity index (χ4v) is 3.05. The van der Waals surface area contributed by atoms with Gasteiger partial charge in [-0.25, -0.2) is 4.98 Å². The van der Waals surface area contributed by atoms with E-state index < -0.39 is 0 Å².